The monoisotopic (exact) mass is 392 g/mol. The van der Waals surface area contributed by atoms with Gasteiger partial charge >= 0.3 is 0 Å². The van der Waals surface area contributed by atoms with E-state index < -0.39 is 0 Å². The number of nitrogens with one attached hydrogen (secondary N) is 1. The normalized spacial score (nSPS) is 16.8. The van der Waals surface area contributed by atoms with E-state index in [-0.39, 0.29) is 23.9 Å². The minimum absolute atomic E-state index is 0.241. The van der Waals surface area contributed by atoms with Crippen LogP contribution < -0.4 is 5.32 Å². The predicted octanol–water partition coefficient (Wildman–Crippen LogP) is 4.01. The van der Waals surface area contributed by atoms with Crippen molar-refractivity contribution in [2.45, 2.75) is 32.4 Å². The van der Waals surface area contributed by atoms with Crippen molar-refractivity contribution < 1.29 is 14.0 Å². The third-order valence-corrected chi connectivity index (χ3v) is 5.04. The van der Waals surface area contributed by atoms with Crippen molar-refractivity contribution in [1.82, 2.24) is 15.1 Å². The van der Waals surface area contributed by atoms with Crippen LogP contribution in [0, 0.1) is 12.7 Å². The Hall–Kier alpha value is -3.48. The molecule has 148 valence electrons. The number of benzene rings is 2. The van der Waals surface area contributed by atoms with Crippen LogP contribution in [-0.4, -0.2) is 21.4 Å². The topological polar surface area (TPSA) is 68.5 Å². The Kier molecular flexibility index (Phi) is 5.12. The second-order valence-electron chi connectivity index (χ2n) is 7.02. The molecule has 6 nitrogen and oxygen atoms in total. The summed E-state index contributed by atoms with van der Waals surface area (Å²) in [5, 5.41) is 11.3. The number of halogens is 1. The van der Waals surface area contributed by atoms with Crippen molar-refractivity contribution >= 4 is 11.6 Å². The Bertz CT molecular complexity index is 1040. The Morgan fingerprint density at radius 1 is 1.21 bits per heavy atom. The van der Waals surface area contributed by atoms with Crippen molar-refractivity contribution in [3.8, 4) is 5.69 Å². The standard InChI is InChI=1S/C22H21FN4O2/c1-14(19-13-24-27(15(19)2)18-10-8-17(23)9-11-18)25-22(28)20-12-21(29-26-20)16-6-4-3-5-7-16/h3-11,13-14,21H,12H2,1-2H3,(H,25,28). The minimum atomic E-state index is -0.298. The Morgan fingerprint density at radius 2 is 1.93 bits per heavy atom. The zero-order valence-corrected chi connectivity index (χ0v) is 16.2. The SMILES string of the molecule is Cc1c(C(C)NC(=O)C2=NOC(c3ccccc3)C2)cnn1-c1ccc(F)cc1. The minimum Gasteiger partial charge on any atom is -0.387 e. The van der Waals surface area contributed by atoms with Crippen molar-refractivity contribution in [1.29, 1.82) is 0 Å². The molecule has 0 saturated carbocycles. The van der Waals surface area contributed by atoms with Gasteiger partial charge in [0, 0.05) is 17.7 Å². The molecule has 7 heteroatoms. The van der Waals surface area contributed by atoms with E-state index in [1.54, 1.807) is 23.0 Å². The van der Waals surface area contributed by atoms with E-state index in [2.05, 4.69) is 15.6 Å². The van der Waals surface area contributed by atoms with Gasteiger partial charge in [-0.15, -0.1) is 0 Å². The lowest BCUT2D eigenvalue weighted by molar-refractivity contribution is -0.115. The predicted molar refractivity (Wildman–Crippen MR) is 107 cm³/mol. The summed E-state index contributed by atoms with van der Waals surface area (Å²) in [6.07, 6.45) is 1.90. The van der Waals surface area contributed by atoms with Crippen LogP contribution in [0.5, 0.6) is 0 Å². The molecule has 0 fully saturated rings. The first-order valence-electron chi connectivity index (χ1n) is 9.42. The van der Waals surface area contributed by atoms with E-state index in [4.69, 9.17) is 4.84 Å². The highest BCUT2D eigenvalue weighted by atomic mass is 19.1. The first-order chi connectivity index (χ1) is 14.0. The first kappa shape index (κ1) is 18.9. The second kappa shape index (κ2) is 7.87. The number of carbonyl (C=O) groups excluding carboxylic acids is 1. The Labute approximate surface area is 168 Å². The van der Waals surface area contributed by atoms with Gasteiger partial charge in [-0.3, -0.25) is 4.79 Å². The smallest absolute Gasteiger partial charge is 0.269 e. The summed E-state index contributed by atoms with van der Waals surface area (Å²) >= 11 is 0. The number of rotatable bonds is 5. The van der Waals surface area contributed by atoms with E-state index in [0.717, 1.165) is 22.5 Å². The number of oxime groups is 1. The molecule has 29 heavy (non-hydrogen) atoms. The molecule has 2 atom stereocenters. The lowest BCUT2D eigenvalue weighted by Gasteiger charge is -2.14. The van der Waals surface area contributed by atoms with Crippen LogP contribution in [0.3, 0.4) is 0 Å². The maximum atomic E-state index is 13.2. The number of hydrogen-bond donors (Lipinski definition) is 1. The molecule has 0 aliphatic carbocycles. The van der Waals surface area contributed by atoms with Crippen LogP contribution >= 0.6 is 0 Å². The highest BCUT2D eigenvalue weighted by Crippen LogP contribution is 2.27. The number of aromatic nitrogens is 2. The van der Waals surface area contributed by atoms with Gasteiger partial charge in [-0.05, 0) is 43.7 Å². The molecule has 2 aromatic carbocycles. The zero-order valence-electron chi connectivity index (χ0n) is 16.2. The van der Waals surface area contributed by atoms with Crippen LogP contribution in [0.25, 0.3) is 5.69 Å². The molecular weight excluding hydrogens is 371 g/mol. The number of amides is 1. The van der Waals surface area contributed by atoms with E-state index >= 15 is 0 Å². The third-order valence-electron chi connectivity index (χ3n) is 5.04. The van der Waals surface area contributed by atoms with Crippen LogP contribution in [0.1, 0.15) is 42.3 Å². The molecular formula is C22H21FN4O2. The maximum Gasteiger partial charge on any atom is 0.269 e. The lowest BCUT2D eigenvalue weighted by atomic mass is 10.0. The number of nitrogens with zero attached hydrogens (tertiary/aromatic N) is 3. The highest BCUT2D eigenvalue weighted by molar-refractivity contribution is 6.39. The van der Waals surface area contributed by atoms with E-state index in [9.17, 15) is 9.18 Å². The van der Waals surface area contributed by atoms with Crippen molar-refractivity contribution in [2.75, 3.05) is 0 Å². The maximum absolute atomic E-state index is 13.2. The van der Waals surface area contributed by atoms with Gasteiger partial charge in [0.2, 0.25) is 0 Å². The van der Waals surface area contributed by atoms with Gasteiger partial charge in [-0.2, -0.15) is 5.10 Å². The first-order valence-corrected chi connectivity index (χ1v) is 9.42. The van der Waals surface area contributed by atoms with E-state index in [1.807, 2.05) is 44.2 Å². The Balaban J connectivity index is 1.43. The molecule has 1 N–H and O–H groups in total. The molecule has 0 radical (unpaired) electrons. The summed E-state index contributed by atoms with van der Waals surface area (Å²) in [6.45, 7) is 3.80. The van der Waals surface area contributed by atoms with E-state index in [0.29, 0.717) is 12.1 Å². The molecule has 4 rings (SSSR count). The van der Waals surface area contributed by atoms with Gasteiger partial charge in [-0.1, -0.05) is 35.5 Å². The van der Waals surface area contributed by atoms with Gasteiger partial charge in [-0.25, -0.2) is 9.07 Å². The molecule has 0 bridgehead atoms. The summed E-state index contributed by atoms with van der Waals surface area (Å²) in [5.74, 6) is -0.558. The highest BCUT2D eigenvalue weighted by Gasteiger charge is 2.28. The van der Waals surface area contributed by atoms with Gasteiger partial charge in [0.1, 0.15) is 11.5 Å². The molecule has 2 unspecified atom stereocenters. The van der Waals surface area contributed by atoms with Crippen LogP contribution in [-0.2, 0) is 9.63 Å². The Morgan fingerprint density at radius 3 is 2.66 bits per heavy atom. The fourth-order valence-electron chi connectivity index (χ4n) is 3.41. The molecule has 1 amide bonds. The lowest BCUT2D eigenvalue weighted by Crippen LogP contribution is -2.32. The summed E-state index contributed by atoms with van der Waals surface area (Å²) in [4.78, 5) is 18.1. The fourth-order valence-corrected chi connectivity index (χ4v) is 3.41. The second-order valence-corrected chi connectivity index (χ2v) is 7.02. The third kappa shape index (κ3) is 3.89. The van der Waals surface area contributed by atoms with Crippen molar-refractivity contribution in [3.63, 3.8) is 0 Å². The number of hydrogen-bond acceptors (Lipinski definition) is 4. The van der Waals surface area contributed by atoms with Crippen LogP contribution in [0.15, 0.2) is 65.9 Å². The van der Waals surface area contributed by atoms with Crippen LogP contribution in [0.4, 0.5) is 4.39 Å². The van der Waals surface area contributed by atoms with Gasteiger partial charge < -0.3 is 10.2 Å². The average molecular weight is 392 g/mol. The average Bonchev–Trinajstić information content (AvgIpc) is 3.37. The summed E-state index contributed by atoms with van der Waals surface area (Å²) in [7, 11) is 0. The molecule has 1 aliphatic rings. The molecule has 0 spiro atoms. The number of carbonyl (C=O) groups is 1. The van der Waals surface area contributed by atoms with Gasteiger partial charge in [0.15, 0.2) is 6.10 Å². The fraction of sp³-hybridized carbons (Fsp3) is 0.227. The summed E-state index contributed by atoms with van der Waals surface area (Å²) < 4.78 is 14.9. The van der Waals surface area contributed by atoms with Crippen LogP contribution in [0.2, 0.25) is 0 Å². The van der Waals surface area contributed by atoms with Crippen molar-refractivity contribution in [3.05, 3.63) is 83.4 Å². The van der Waals surface area contributed by atoms with Gasteiger partial charge in [0.25, 0.3) is 5.91 Å². The molecule has 3 aromatic rings. The summed E-state index contributed by atoms with van der Waals surface area (Å²) in [6, 6.07) is 15.5. The van der Waals surface area contributed by atoms with Gasteiger partial charge in [0.05, 0.1) is 17.9 Å². The molecule has 0 saturated heterocycles. The van der Waals surface area contributed by atoms with Crippen molar-refractivity contribution in [2.24, 2.45) is 5.16 Å². The molecule has 2 heterocycles. The zero-order chi connectivity index (χ0) is 20.4. The quantitative estimate of drug-likeness (QED) is 0.713. The van der Waals surface area contributed by atoms with E-state index in [1.165, 1.54) is 12.1 Å². The largest absolute Gasteiger partial charge is 0.387 e. The molecule has 1 aliphatic heterocycles. The summed E-state index contributed by atoms with van der Waals surface area (Å²) in [5.41, 5.74) is 3.86. The molecule has 1 aromatic heterocycles.